The predicted octanol–water partition coefficient (Wildman–Crippen LogP) is 1.38. The summed E-state index contributed by atoms with van der Waals surface area (Å²) in [4.78, 5) is 11.4. The number of nitrogen functional groups attached to an aromatic ring is 1. The minimum atomic E-state index is -3.21. The van der Waals surface area contributed by atoms with Crippen molar-refractivity contribution in [3.05, 3.63) is 29.3 Å². The first-order chi connectivity index (χ1) is 8.27. The lowest BCUT2D eigenvalue weighted by Gasteiger charge is -2.10. The van der Waals surface area contributed by atoms with E-state index < -0.39 is 21.1 Å². The third-order valence-corrected chi connectivity index (χ3v) is 4.78. The number of methoxy groups -OCH3 is 1. The summed E-state index contributed by atoms with van der Waals surface area (Å²) in [5.41, 5.74) is 6.63. The Kier molecular flexibility index (Phi) is 4.34. The van der Waals surface area contributed by atoms with Crippen LogP contribution in [-0.4, -0.2) is 26.7 Å². The van der Waals surface area contributed by atoms with Crippen LogP contribution in [0.2, 0.25) is 0 Å². The zero-order valence-corrected chi connectivity index (χ0v) is 11.5. The Bertz CT molecular complexity index is 549. The van der Waals surface area contributed by atoms with Gasteiger partial charge in [-0.25, -0.2) is 13.2 Å². The highest BCUT2D eigenvalue weighted by Crippen LogP contribution is 2.18. The predicted molar refractivity (Wildman–Crippen MR) is 70.0 cm³/mol. The SMILES string of the molecule is COC(=O)c1cc(CS(=O)(=O)C(C)C)ccc1N. The number of nitrogens with two attached hydrogens (primary N) is 1. The molecule has 0 atom stereocenters. The van der Waals surface area contributed by atoms with Gasteiger partial charge in [0.15, 0.2) is 9.84 Å². The summed E-state index contributed by atoms with van der Waals surface area (Å²) in [6, 6.07) is 4.57. The molecule has 1 aromatic carbocycles. The first-order valence-corrected chi connectivity index (χ1v) is 7.17. The number of benzene rings is 1. The Morgan fingerprint density at radius 1 is 1.39 bits per heavy atom. The molecule has 0 unspecified atom stereocenters. The van der Waals surface area contributed by atoms with Crippen LogP contribution in [-0.2, 0) is 20.3 Å². The molecule has 1 aromatic rings. The van der Waals surface area contributed by atoms with Crippen LogP contribution in [0.1, 0.15) is 29.8 Å². The number of rotatable bonds is 4. The smallest absolute Gasteiger partial charge is 0.339 e. The highest BCUT2D eigenvalue weighted by molar-refractivity contribution is 7.91. The Labute approximate surface area is 107 Å². The molecule has 0 aliphatic carbocycles. The fraction of sp³-hybridized carbons (Fsp3) is 0.417. The van der Waals surface area contributed by atoms with Crippen molar-refractivity contribution in [3.8, 4) is 0 Å². The number of hydrogen-bond acceptors (Lipinski definition) is 5. The van der Waals surface area contributed by atoms with Crippen LogP contribution in [0.5, 0.6) is 0 Å². The van der Waals surface area contributed by atoms with E-state index in [-0.39, 0.29) is 17.0 Å². The van der Waals surface area contributed by atoms with E-state index in [2.05, 4.69) is 4.74 Å². The van der Waals surface area contributed by atoms with Crippen LogP contribution < -0.4 is 5.73 Å². The molecule has 0 amide bonds. The van der Waals surface area contributed by atoms with E-state index in [1.807, 2.05) is 0 Å². The van der Waals surface area contributed by atoms with Crippen LogP contribution in [0.4, 0.5) is 5.69 Å². The summed E-state index contributed by atoms with van der Waals surface area (Å²) in [5.74, 6) is -0.689. The third kappa shape index (κ3) is 3.22. The number of carbonyl (C=O) groups is 1. The van der Waals surface area contributed by atoms with Crippen molar-refractivity contribution < 1.29 is 17.9 Å². The maximum absolute atomic E-state index is 11.8. The largest absolute Gasteiger partial charge is 0.465 e. The Hall–Kier alpha value is -1.56. The molecule has 0 aliphatic heterocycles. The minimum Gasteiger partial charge on any atom is -0.465 e. The zero-order chi connectivity index (χ0) is 13.9. The van der Waals surface area contributed by atoms with Gasteiger partial charge in [-0.3, -0.25) is 0 Å². The molecule has 1 rings (SSSR count). The van der Waals surface area contributed by atoms with E-state index in [9.17, 15) is 13.2 Å². The van der Waals surface area contributed by atoms with Crippen molar-refractivity contribution in [3.63, 3.8) is 0 Å². The third-order valence-electron chi connectivity index (χ3n) is 2.61. The number of ether oxygens (including phenoxy) is 1. The second-order valence-electron chi connectivity index (χ2n) is 4.27. The molecular weight excluding hydrogens is 254 g/mol. The Morgan fingerprint density at radius 2 is 2.00 bits per heavy atom. The van der Waals surface area contributed by atoms with E-state index in [1.54, 1.807) is 19.9 Å². The zero-order valence-electron chi connectivity index (χ0n) is 10.6. The second kappa shape index (κ2) is 5.39. The summed E-state index contributed by atoms with van der Waals surface area (Å²) in [6.45, 7) is 3.24. The number of esters is 1. The lowest BCUT2D eigenvalue weighted by atomic mass is 10.1. The summed E-state index contributed by atoms with van der Waals surface area (Å²) in [6.07, 6.45) is 0. The second-order valence-corrected chi connectivity index (χ2v) is 6.83. The van der Waals surface area contributed by atoms with E-state index in [4.69, 9.17) is 5.73 Å². The highest BCUT2D eigenvalue weighted by Gasteiger charge is 2.18. The quantitative estimate of drug-likeness (QED) is 0.660. The Morgan fingerprint density at radius 3 is 2.50 bits per heavy atom. The summed E-state index contributed by atoms with van der Waals surface area (Å²) < 4.78 is 28.2. The molecule has 0 bridgehead atoms. The lowest BCUT2D eigenvalue weighted by Crippen LogP contribution is -2.16. The van der Waals surface area contributed by atoms with Gasteiger partial charge in [0.1, 0.15) is 0 Å². The number of sulfone groups is 1. The van der Waals surface area contributed by atoms with Gasteiger partial charge in [-0.1, -0.05) is 6.07 Å². The fourth-order valence-corrected chi connectivity index (χ4v) is 2.36. The van der Waals surface area contributed by atoms with Crippen LogP contribution in [0.15, 0.2) is 18.2 Å². The molecule has 0 aliphatic rings. The first kappa shape index (κ1) is 14.5. The molecule has 5 nitrogen and oxygen atoms in total. The maximum Gasteiger partial charge on any atom is 0.339 e. The van der Waals surface area contributed by atoms with Crippen molar-refractivity contribution in [2.24, 2.45) is 0 Å². The lowest BCUT2D eigenvalue weighted by molar-refractivity contribution is 0.0602. The van der Waals surface area contributed by atoms with E-state index in [1.165, 1.54) is 19.2 Å². The fourth-order valence-electron chi connectivity index (χ4n) is 1.38. The van der Waals surface area contributed by atoms with Crippen LogP contribution in [0, 0.1) is 0 Å². The molecule has 0 fully saturated rings. The summed E-state index contributed by atoms with van der Waals surface area (Å²) in [7, 11) is -1.96. The summed E-state index contributed by atoms with van der Waals surface area (Å²) in [5, 5.41) is -0.461. The van der Waals surface area contributed by atoms with Gasteiger partial charge >= 0.3 is 5.97 Å². The van der Waals surface area contributed by atoms with Gasteiger partial charge in [0.2, 0.25) is 0 Å². The molecule has 0 saturated carbocycles. The molecule has 0 radical (unpaired) electrons. The average molecular weight is 271 g/mol. The van der Waals surface area contributed by atoms with Gasteiger partial charge in [0, 0.05) is 5.69 Å². The molecule has 0 spiro atoms. The molecule has 18 heavy (non-hydrogen) atoms. The molecule has 2 N–H and O–H groups in total. The van der Waals surface area contributed by atoms with Crippen LogP contribution in [0.3, 0.4) is 0 Å². The van der Waals surface area contributed by atoms with Gasteiger partial charge in [-0.05, 0) is 31.5 Å². The molecule has 0 heterocycles. The average Bonchev–Trinajstić information content (AvgIpc) is 2.30. The number of hydrogen-bond donors (Lipinski definition) is 1. The van der Waals surface area contributed by atoms with Gasteiger partial charge < -0.3 is 10.5 Å². The Balaban J connectivity index is 3.11. The van der Waals surface area contributed by atoms with Gasteiger partial charge in [-0.2, -0.15) is 0 Å². The normalized spacial score (nSPS) is 11.6. The van der Waals surface area contributed by atoms with Crippen LogP contribution in [0.25, 0.3) is 0 Å². The minimum absolute atomic E-state index is 0.116. The monoisotopic (exact) mass is 271 g/mol. The van der Waals surface area contributed by atoms with Crippen molar-refractivity contribution in [2.75, 3.05) is 12.8 Å². The van der Waals surface area contributed by atoms with E-state index >= 15 is 0 Å². The van der Waals surface area contributed by atoms with E-state index in [0.717, 1.165) is 0 Å². The van der Waals surface area contributed by atoms with Gasteiger partial charge in [0.05, 0.1) is 23.7 Å². The van der Waals surface area contributed by atoms with Crippen LogP contribution >= 0.6 is 0 Å². The molecule has 6 heteroatoms. The van der Waals surface area contributed by atoms with Crippen molar-refractivity contribution in [1.29, 1.82) is 0 Å². The van der Waals surface area contributed by atoms with E-state index in [0.29, 0.717) is 5.56 Å². The van der Waals surface area contributed by atoms with Gasteiger partial charge in [-0.15, -0.1) is 0 Å². The molecule has 0 saturated heterocycles. The standard InChI is InChI=1S/C12H17NO4S/c1-8(2)18(15,16)7-9-4-5-11(13)10(6-9)12(14)17-3/h4-6,8H,7,13H2,1-3H3. The molecule has 100 valence electrons. The van der Waals surface area contributed by atoms with Crippen molar-refractivity contribution in [2.45, 2.75) is 24.9 Å². The van der Waals surface area contributed by atoms with Crippen molar-refractivity contribution in [1.82, 2.24) is 0 Å². The maximum atomic E-state index is 11.8. The molecular formula is C12H17NO4S. The molecule has 0 aromatic heterocycles. The number of anilines is 1. The first-order valence-electron chi connectivity index (χ1n) is 5.46. The number of carbonyl (C=O) groups excluding carboxylic acids is 1. The topological polar surface area (TPSA) is 86.5 Å². The summed E-state index contributed by atoms with van der Waals surface area (Å²) >= 11 is 0. The highest BCUT2D eigenvalue weighted by atomic mass is 32.2. The van der Waals surface area contributed by atoms with Gasteiger partial charge in [0.25, 0.3) is 0 Å². The van der Waals surface area contributed by atoms with Crippen molar-refractivity contribution >= 4 is 21.5 Å².